The van der Waals surface area contributed by atoms with Crippen molar-refractivity contribution in [3.63, 3.8) is 0 Å². The summed E-state index contributed by atoms with van der Waals surface area (Å²) in [5.74, 6) is -1.00. The quantitative estimate of drug-likeness (QED) is 0.804. The Morgan fingerprint density at radius 1 is 1.42 bits per heavy atom. The van der Waals surface area contributed by atoms with Crippen LogP contribution in [0.3, 0.4) is 0 Å². The number of likely N-dealkylation sites (N-methyl/N-ethyl adjacent to an activating group) is 1. The molecule has 6 heteroatoms. The van der Waals surface area contributed by atoms with Crippen molar-refractivity contribution in [3.8, 4) is 0 Å². The zero-order chi connectivity index (χ0) is 14.3. The van der Waals surface area contributed by atoms with E-state index in [1.807, 2.05) is 25.1 Å². The first-order chi connectivity index (χ1) is 9.01. The number of nitrogens with one attached hydrogen (secondary N) is 1. The number of halogens is 1. The van der Waals surface area contributed by atoms with Crippen molar-refractivity contribution in [3.05, 3.63) is 28.7 Å². The van der Waals surface area contributed by atoms with Crippen molar-refractivity contribution in [2.75, 3.05) is 25.0 Å². The number of benzene rings is 1. The highest BCUT2D eigenvalue weighted by Crippen LogP contribution is 2.15. The van der Waals surface area contributed by atoms with Crippen molar-refractivity contribution < 1.29 is 14.7 Å². The van der Waals surface area contributed by atoms with E-state index in [1.54, 1.807) is 11.0 Å². The third-order valence-corrected chi connectivity index (χ3v) is 3.06. The van der Waals surface area contributed by atoms with E-state index in [0.29, 0.717) is 18.8 Å². The van der Waals surface area contributed by atoms with Gasteiger partial charge in [-0.2, -0.15) is 0 Å². The molecule has 0 heterocycles. The second-order valence-corrected chi connectivity index (χ2v) is 4.99. The number of carbonyl (C=O) groups excluding carboxylic acids is 1. The van der Waals surface area contributed by atoms with Gasteiger partial charge in [-0.05, 0) is 24.7 Å². The lowest BCUT2D eigenvalue weighted by molar-refractivity contribution is -0.137. The number of nitrogens with zero attached hydrogens (tertiary/aromatic N) is 1. The molecule has 0 bridgehead atoms. The number of carboxylic acid groups (broad SMARTS) is 1. The van der Waals surface area contributed by atoms with Gasteiger partial charge in [0, 0.05) is 16.7 Å². The van der Waals surface area contributed by atoms with Crippen LogP contribution in [0.15, 0.2) is 28.7 Å². The van der Waals surface area contributed by atoms with Crippen LogP contribution in [0.4, 0.5) is 5.69 Å². The highest BCUT2D eigenvalue weighted by atomic mass is 79.9. The number of anilines is 1. The molecule has 0 aliphatic heterocycles. The molecule has 1 aromatic carbocycles. The number of aliphatic carboxylic acids is 1. The second kappa shape index (κ2) is 7.91. The first-order valence-corrected chi connectivity index (χ1v) is 6.80. The van der Waals surface area contributed by atoms with Gasteiger partial charge in [0.15, 0.2) is 0 Å². The molecule has 1 amide bonds. The van der Waals surface area contributed by atoms with Gasteiger partial charge in [0.05, 0.1) is 13.0 Å². The van der Waals surface area contributed by atoms with Gasteiger partial charge in [-0.15, -0.1) is 0 Å². The molecular formula is C13H17BrN2O3. The van der Waals surface area contributed by atoms with Crippen LogP contribution >= 0.6 is 15.9 Å². The minimum absolute atomic E-state index is 0.0397. The van der Waals surface area contributed by atoms with Crippen LogP contribution in [-0.2, 0) is 9.59 Å². The lowest BCUT2D eigenvalue weighted by Gasteiger charge is -2.18. The van der Waals surface area contributed by atoms with Crippen molar-refractivity contribution in [2.45, 2.75) is 13.3 Å². The van der Waals surface area contributed by atoms with E-state index in [-0.39, 0.29) is 18.9 Å². The Morgan fingerprint density at radius 2 is 2.16 bits per heavy atom. The van der Waals surface area contributed by atoms with E-state index in [2.05, 4.69) is 21.2 Å². The van der Waals surface area contributed by atoms with Gasteiger partial charge < -0.3 is 10.4 Å². The largest absolute Gasteiger partial charge is 0.481 e. The van der Waals surface area contributed by atoms with Crippen molar-refractivity contribution >= 4 is 33.5 Å². The maximum Gasteiger partial charge on any atom is 0.304 e. The van der Waals surface area contributed by atoms with E-state index in [9.17, 15) is 9.59 Å². The normalized spacial score (nSPS) is 10.5. The summed E-state index contributed by atoms with van der Waals surface area (Å²) < 4.78 is 0.892. The van der Waals surface area contributed by atoms with E-state index >= 15 is 0 Å². The molecule has 0 radical (unpaired) electrons. The maximum absolute atomic E-state index is 11.8. The lowest BCUT2D eigenvalue weighted by atomic mass is 10.3. The molecule has 2 N–H and O–H groups in total. The summed E-state index contributed by atoms with van der Waals surface area (Å²) >= 11 is 3.33. The predicted octanol–water partition coefficient (Wildman–Crippen LogP) is 2.18. The smallest absolute Gasteiger partial charge is 0.304 e. The number of hydrogen-bond acceptors (Lipinski definition) is 3. The standard InChI is InChI=1S/C13H17BrN2O3/c1-2-16(7-6-13(18)19)9-12(17)15-11-5-3-4-10(14)8-11/h3-5,8H,2,6-7,9H2,1H3,(H,15,17)(H,18,19). The molecular weight excluding hydrogens is 312 g/mol. The molecule has 0 aliphatic rings. The molecule has 0 spiro atoms. The molecule has 0 aliphatic carbocycles. The van der Waals surface area contributed by atoms with Crippen LogP contribution in [0.2, 0.25) is 0 Å². The summed E-state index contributed by atoms with van der Waals surface area (Å²) in [5, 5.41) is 11.4. The number of amides is 1. The average molecular weight is 329 g/mol. The van der Waals surface area contributed by atoms with Crippen molar-refractivity contribution in [1.29, 1.82) is 0 Å². The molecule has 5 nitrogen and oxygen atoms in total. The van der Waals surface area contributed by atoms with Crippen LogP contribution in [0, 0.1) is 0 Å². The maximum atomic E-state index is 11.8. The third kappa shape index (κ3) is 6.35. The number of hydrogen-bond donors (Lipinski definition) is 2. The fourth-order valence-corrected chi connectivity index (χ4v) is 1.97. The van der Waals surface area contributed by atoms with Gasteiger partial charge in [-0.25, -0.2) is 0 Å². The number of carbonyl (C=O) groups is 2. The van der Waals surface area contributed by atoms with Crippen LogP contribution in [-0.4, -0.2) is 41.5 Å². The molecule has 1 aromatic rings. The van der Waals surface area contributed by atoms with Crippen LogP contribution < -0.4 is 5.32 Å². The molecule has 104 valence electrons. The summed E-state index contributed by atoms with van der Waals surface area (Å²) in [6.07, 6.45) is 0.0397. The zero-order valence-electron chi connectivity index (χ0n) is 10.7. The van der Waals surface area contributed by atoms with E-state index in [1.165, 1.54) is 0 Å². The van der Waals surface area contributed by atoms with E-state index < -0.39 is 5.97 Å². The fraction of sp³-hybridized carbons (Fsp3) is 0.385. The summed E-state index contributed by atoms with van der Waals surface area (Å²) in [6, 6.07) is 7.32. The zero-order valence-corrected chi connectivity index (χ0v) is 12.3. The first kappa shape index (κ1) is 15.7. The Labute approximate surface area is 120 Å². The second-order valence-electron chi connectivity index (χ2n) is 4.07. The molecule has 0 unspecified atom stereocenters. The van der Waals surface area contributed by atoms with Gasteiger partial charge >= 0.3 is 5.97 Å². The highest BCUT2D eigenvalue weighted by Gasteiger charge is 2.10. The summed E-state index contributed by atoms with van der Waals surface area (Å²) in [7, 11) is 0. The van der Waals surface area contributed by atoms with Crippen molar-refractivity contribution in [2.24, 2.45) is 0 Å². The Kier molecular flexibility index (Phi) is 6.52. The summed E-state index contributed by atoms with van der Waals surface area (Å²) in [6.45, 7) is 3.10. The fourth-order valence-electron chi connectivity index (χ4n) is 1.57. The minimum atomic E-state index is -0.856. The molecule has 0 fully saturated rings. The molecule has 1 rings (SSSR count). The molecule has 0 saturated carbocycles. The van der Waals surface area contributed by atoms with Gasteiger partial charge in [0.2, 0.25) is 5.91 Å². The minimum Gasteiger partial charge on any atom is -0.481 e. The van der Waals surface area contributed by atoms with Gasteiger partial charge in [0.1, 0.15) is 0 Å². The predicted molar refractivity (Wildman–Crippen MR) is 77.1 cm³/mol. The molecule has 0 aromatic heterocycles. The van der Waals surface area contributed by atoms with Gasteiger partial charge in [-0.3, -0.25) is 14.5 Å². The highest BCUT2D eigenvalue weighted by molar-refractivity contribution is 9.10. The Bertz CT molecular complexity index is 451. The lowest BCUT2D eigenvalue weighted by Crippen LogP contribution is -2.34. The van der Waals surface area contributed by atoms with Gasteiger partial charge in [0.25, 0.3) is 0 Å². The Morgan fingerprint density at radius 3 is 2.74 bits per heavy atom. The number of carboxylic acids is 1. The topological polar surface area (TPSA) is 69.6 Å². The SMILES string of the molecule is CCN(CCC(=O)O)CC(=O)Nc1cccc(Br)c1. The van der Waals surface area contributed by atoms with Crippen LogP contribution in [0.5, 0.6) is 0 Å². The molecule has 0 saturated heterocycles. The van der Waals surface area contributed by atoms with Crippen molar-refractivity contribution in [1.82, 2.24) is 4.90 Å². The van der Waals surface area contributed by atoms with Gasteiger partial charge in [-0.1, -0.05) is 28.9 Å². The van der Waals surface area contributed by atoms with E-state index in [4.69, 9.17) is 5.11 Å². The molecule has 0 atom stereocenters. The first-order valence-electron chi connectivity index (χ1n) is 6.01. The monoisotopic (exact) mass is 328 g/mol. The van der Waals surface area contributed by atoms with Crippen LogP contribution in [0.1, 0.15) is 13.3 Å². The summed E-state index contributed by atoms with van der Waals surface area (Å²) in [4.78, 5) is 24.1. The summed E-state index contributed by atoms with van der Waals surface area (Å²) in [5.41, 5.74) is 0.716. The van der Waals surface area contributed by atoms with Crippen LogP contribution in [0.25, 0.3) is 0 Å². The van der Waals surface area contributed by atoms with E-state index in [0.717, 1.165) is 4.47 Å². The number of rotatable bonds is 7. The Hall–Kier alpha value is -1.40. The third-order valence-electron chi connectivity index (χ3n) is 2.56. The Balaban J connectivity index is 2.46. The molecule has 19 heavy (non-hydrogen) atoms. The average Bonchev–Trinajstić information content (AvgIpc) is 2.34.